The van der Waals surface area contributed by atoms with Gasteiger partial charge >= 0.3 is 0 Å². The summed E-state index contributed by atoms with van der Waals surface area (Å²) >= 11 is 0. The first kappa shape index (κ1) is 15.6. The van der Waals surface area contributed by atoms with E-state index in [1.165, 1.54) is 0 Å². The van der Waals surface area contributed by atoms with Crippen molar-refractivity contribution in [2.45, 2.75) is 19.8 Å². The molecule has 2 aromatic carbocycles. The van der Waals surface area contributed by atoms with Crippen LogP contribution in [0.4, 0.5) is 0 Å². The predicted octanol–water partition coefficient (Wildman–Crippen LogP) is 4.00. The van der Waals surface area contributed by atoms with E-state index in [0.29, 0.717) is 27.9 Å². The Hall–Kier alpha value is -2.88. The van der Waals surface area contributed by atoms with Gasteiger partial charge in [0.15, 0.2) is 11.0 Å². The molecule has 1 fully saturated rings. The van der Waals surface area contributed by atoms with Crippen LogP contribution in [0, 0.1) is 6.92 Å². The van der Waals surface area contributed by atoms with Crippen LogP contribution in [-0.2, 0) is 0 Å². The molecule has 126 valence electrons. The number of benzene rings is 2. The lowest BCUT2D eigenvalue weighted by molar-refractivity contribution is 0.0793. The van der Waals surface area contributed by atoms with E-state index >= 15 is 0 Å². The molecule has 4 nitrogen and oxygen atoms in total. The number of carbonyl (C=O) groups is 1. The van der Waals surface area contributed by atoms with Crippen LogP contribution in [0.25, 0.3) is 22.3 Å². The Morgan fingerprint density at radius 1 is 1.00 bits per heavy atom. The van der Waals surface area contributed by atoms with Crippen molar-refractivity contribution in [2.75, 3.05) is 13.1 Å². The maximum absolute atomic E-state index is 12.9. The summed E-state index contributed by atoms with van der Waals surface area (Å²) in [4.78, 5) is 27.5. The second-order valence-corrected chi connectivity index (χ2v) is 6.43. The number of amides is 1. The molecular weight excluding hydrogens is 314 g/mol. The lowest BCUT2D eigenvalue weighted by Crippen LogP contribution is -2.28. The van der Waals surface area contributed by atoms with Crippen molar-refractivity contribution >= 4 is 16.9 Å². The van der Waals surface area contributed by atoms with Gasteiger partial charge in [-0.05, 0) is 31.9 Å². The molecule has 0 aliphatic carbocycles. The van der Waals surface area contributed by atoms with E-state index in [9.17, 15) is 9.59 Å². The van der Waals surface area contributed by atoms with Gasteiger partial charge in [0.25, 0.3) is 5.91 Å². The lowest BCUT2D eigenvalue weighted by atomic mass is 10.0. The fraction of sp³-hybridized carbons (Fsp3) is 0.238. The van der Waals surface area contributed by atoms with Crippen molar-refractivity contribution in [3.63, 3.8) is 0 Å². The predicted molar refractivity (Wildman–Crippen MR) is 97.8 cm³/mol. The number of rotatable bonds is 2. The van der Waals surface area contributed by atoms with Crippen molar-refractivity contribution in [3.05, 3.63) is 69.9 Å². The molecule has 3 aromatic rings. The number of para-hydroxylation sites is 1. The van der Waals surface area contributed by atoms with Crippen molar-refractivity contribution in [2.24, 2.45) is 0 Å². The molecule has 0 unspecified atom stereocenters. The minimum atomic E-state index is -0.0869. The third-order valence-corrected chi connectivity index (χ3v) is 4.80. The SMILES string of the molecule is Cc1c(-c2ccccc2)oc2c(C(=O)N3CCCC3)cccc2c1=O. The van der Waals surface area contributed by atoms with E-state index in [1.54, 1.807) is 25.1 Å². The van der Waals surface area contributed by atoms with Crippen molar-refractivity contribution in [1.82, 2.24) is 4.90 Å². The molecule has 1 aromatic heterocycles. The molecule has 4 heteroatoms. The molecule has 0 spiro atoms. The zero-order valence-electron chi connectivity index (χ0n) is 14.1. The molecule has 1 aliphatic rings. The van der Waals surface area contributed by atoms with Gasteiger partial charge in [0.05, 0.1) is 10.9 Å². The third kappa shape index (κ3) is 2.64. The van der Waals surface area contributed by atoms with Crippen LogP contribution < -0.4 is 5.43 Å². The molecular formula is C21H19NO3. The van der Waals surface area contributed by atoms with Crippen LogP contribution in [0.15, 0.2) is 57.7 Å². The number of hydrogen-bond acceptors (Lipinski definition) is 3. The second kappa shape index (κ2) is 6.20. The van der Waals surface area contributed by atoms with Crippen LogP contribution in [0.5, 0.6) is 0 Å². The first-order chi connectivity index (χ1) is 12.2. The molecule has 1 saturated heterocycles. The zero-order chi connectivity index (χ0) is 17.4. The van der Waals surface area contributed by atoms with Gasteiger partial charge in [0, 0.05) is 24.2 Å². The second-order valence-electron chi connectivity index (χ2n) is 6.43. The highest BCUT2D eigenvalue weighted by Gasteiger charge is 2.24. The summed E-state index contributed by atoms with van der Waals surface area (Å²) in [7, 11) is 0. The number of likely N-dealkylation sites (tertiary alicyclic amines) is 1. The van der Waals surface area contributed by atoms with Crippen LogP contribution in [0.3, 0.4) is 0 Å². The van der Waals surface area contributed by atoms with Crippen molar-refractivity contribution < 1.29 is 9.21 Å². The van der Waals surface area contributed by atoms with Gasteiger partial charge in [-0.25, -0.2) is 0 Å². The van der Waals surface area contributed by atoms with Crippen LogP contribution in [-0.4, -0.2) is 23.9 Å². The van der Waals surface area contributed by atoms with Gasteiger partial charge in [0.2, 0.25) is 0 Å². The maximum atomic E-state index is 12.9. The van der Waals surface area contributed by atoms with Crippen LogP contribution >= 0.6 is 0 Å². The fourth-order valence-electron chi connectivity index (χ4n) is 3.43. The summed E-state index contributed by atoms with van der Waals surface area (Å²) in [5, 5.41) is 0.460. The molecule has 1 aliphatic heterocycles. The standard InChI is InChI=1S/C21H19NO3/c1-14-18(23)16-10-7-11-17(21(24)22-12-5-6-13-22)20(16)25-19(14)15-8-3-2-4-9-15/h2-4,7-11H,5-6,12-13H2,1H3. The van der Waals surface area contributed by atoms with E-state index in [1.807, 2.05) is 35.2 Å². The Labute approximate surface area is 145 Å². The summed E-state index contributed by atoms with van der Waals surface area (Å²) < 4.78 is 6.12. The van der Waals surface area contributed by atoms with Gasteiger partial charge < -0.3 is 9.32 Å². The molecule has 0 bridgehead atoms. The third-order valence-electron chi connectivity index (χ3n) is 4.80. The number of fused-ring (bicyclic) bond motifs is 1. The number of carbonyl (C=O) groups excluding carboxylic acids is 1. The molecule has 2 heterocycles. The largest absolute Gasteiger partial charge is 0.455 e. The minimum absolute atomic E-state index is 0.0610. The van der Waals surface area contributed by atoms with Gasteiger partial charge in [-0.2, -0.15) is 0 Å². The number of nitrogens with zero attached hydrogens (tertiary/aromatic N) is 1. The monoisotopic (exact) mass is 333 g/mol. The van der Waals surface area contributed by atoms with Gasteiger partial charge in [-0.1, -0.05) is 36.4 Å². The Morgan fingerprint density at radius 2 is 1.72 bits per heavy atom. The topological polar surface area (TPSA) is 50.5 Å². The van der Waals surface area contributed by atoms with E-state index < -0.39 is 0 Å². The van der Waals surface area contributed by atoms with Crippen molar-refractivity contribution in [3.8, 4) is 11.3 Å². The Kier molecular flexibility index (Phi) is 3.88. The smallest absolute Gasteiger partial charge is 0.257 e. The van der Waals surface area contributed by atoms with E-state index in [-0.39, 0.29) is 11.3 Å². The van der Waals surface area contributed by atoms with Gasteiger partial charge in [-0.15, -0.1) is 0 Å². The average molecular weight is 333 g/mol. The first-order valence-electron chi connectivity index (χ1n) is 8.58. The fourth-order valence-corrected chi connectivity index (χ4v) is 3.43. The number of hydrogen-bond donors (Lipinski definition) is 0. The summed E-state index contributed by atoms with van der Waals surface area (Å²) in [6, 6.07) is 14.8. The van der Waals surface area contributed by atoms with Crippen molar-refractivity contribution in [1.29, 1.82) is 0 Å². The Morgan fingerprint density at radius 3 is 2.44 bits per heavy atom. The van der Waals surface area contributed by atoms with Crippen LogP contribution in [0.1, 0.15) is 28.8 Å². The molecule has 0 N–H and O–H groups in total. The molecule has 0 atom stereocenters. The average Bonchev–Trinajstić information content (AvgIpc) is 3.19. The van der Waals surface area contributed by atoms with Gasteiger partial charge in [0.1, 0.15) is 5.76 Å². The molecule has 1 amide bonds. The highest BCUT2D eigenvalue weighted by Crippen LogP contribution is 2.28. The van der Waals surface area contributed by atoms with Crippen LogP contribution in [0.2, 0.25) is 0 Å². The molecule has 0 saturated carbocycles. The summed E-state index contributed by atoms with van der Waals surface area (Å²) in [6.07, 6.45) is 2.05. The zero-order valence-corrected chi connectivity index (χ0v) is 14.1. The van der Waals surface area contributed by atoms with E-state index in [2.05, 4.69) is 0 Å². The normalized spacial score (nSPS) is 14.2. The molecule has 4 rings (SSSR count). The quantitative estimate of drug-likeness (QED) is 0.712. The maximum Gasteiger partial charge on any atom is 0.257 e. The molecule has 0 radical (unpaired) electrons. The highest BCUT2D eigenvalue weighted by atomic mass is 16.3. The Balaban J connectivity index is 1.95. The Bertz CT molecular complexity index is 999. The lowest BCUT2D eigenvalue weighted by Gasteiger charge is -2.16. The summed E-state index contributed by atoms with van der Waals surface area (Å²) in [6.45, 7) is 3.29. The summed E-state index contributed by atoms with van der Waals surface area (Å²) in [5.74, 6) is 0.467. The molecule has 25 heavy (non-hydrogen) atoms. The minimum Gasteiger partial charge on any atom is -0.455 e. The highest BCUT2D eigenvalue weighted by molar-refractivity contribution is 6.05. The van der Waals surface area contributed by atoms with E-state index in [0.717, 1.165) is 31.5 Å². The van der Waals surface area contributed by atoms with E-state index in [4.69, 9.17) is 4.42 Å². The van der Waals surface area contributed by atoms with Gasteiger partial charge in [-0.3, -0.25) is 9.59 Å². The first-order valence-corrected chi connectivity index (χ1v) is 8.58. The summed E-state index contributed by atoms with van der Waals surface area (Å²) in [5.41, 5.74) is 2.16.